The van der Waals surface area contributed by atoms with Crippen molar-refractivity contribution < 1.29 is 23.8 Å². The molecular weight excluding hydrogens is 240 g/mol. The van der Waals surface area contributed by atoms with Crippen LogP contribution < -0.4 is 5.63 Å². The number of esters is 1. The van der Waals surface area contributed by atoms with Gasteiger partial charge in [0.15, 0.2) is 5.58 Å². The minimum atomic E-state index is -1.38. The van der Waals surface area contributed by atoms with Crippen LogP contribution in [0.5, 0.6) is 0 Å². The lowest BCUT2D eigenvalue weighted by Gasteiger charge is -2.03. The number of methoxy groups -OCH3 is 1. The van der Waals surface area contributed by atoms with Gasteiger partial charge in [-0.2, -0.15) is 0 Å². The zero-order valence-corrected chi connectivity index (χ0v) is 9.30. The molecule has 0 unspecified atom stereocenters. The monoisotopic (exact) mass is 248 g/mol. The lowest BCUT2D eigenvalue weighted by molar-refractivity contribution is 0.0601. The van der Waals surface area contributed by atoms with E-state index in [2.05, 4.69) is 4.74 Å². The van der Waals surface area contributed by atoms with Crippen molar-refractivity contribution in [2.24, 2.45) is 0 Å². The first-order chi connectivity index (χ1) is 8.54. The van der Waals surface area contributed by atoms with Crippen molar-refractivity contribution in [2.45, 2.75) is 0 Å². The molecule has 0 saturated heterocycles. The van der Waals surface area contributed by atoms with Crippen LogP contribution in [0.3, 0.4) is 0 Å². The average Bonchev–Trinajstić information content (AvgIpc) is 2.36. The van der Waals surface area contributed by atoms with E-state index in [-0.39, 0.29) is 11.1 Å². The summed E-state index contributed by atoms with van der Waals surface area (Å²) in [4.78, 5) is 33.7. The quantitative estimate of drug-likeness (QED) is 0.635. The van der Waals surface area contributed by atoms with Gasteiger partial charge in [0.2, 0.25) is 0 Å². The molecule has 2 aromatic rings. The Hall–Kier alpha value is -2.63. The molecule has 0 atom stereocenters. The van der Waals surface area contributed by atoms with Gasteiger partial charge in [-0.15, -0.1) is 0 Å². The SMILES string of the molecule is COC(=O)c1cccc2cc(C(=O)O)c(=O)oc12. The number of aromatic carboxylic acids is 1. The average molecular weight is 248 g/mol. The van der Waals surface area contributed by atoms with Crippen molar-refractivity contribution in [1.82, 2.24) is 0 Å². The van der Waals surface area contributed by atoms with Crippen LogP contribution in [-0.4, -0.2) is 24.2 Å². The molecule has 18 heavy (non-hydrogen) atoms. The Balaban J connectivity index is 2.80. The van der Waals surface area contributed by atoms with Crippen LogP contribution in [0.15, 0.2) is 33.5 Å². The van der Waals surface area contributed by atoms with Crippen LogP contribution in [0, 0.1) is 0 Å². The summed E-state index contributed by atoms with van der Waals surface area (Å²) >= 11 is 0. The summed E-state index contributed by atoms with van der Waals surface area (Å²) < 4.78 is 9.42. The number of para-hydroxylation sites is 1. The molecule has 0 saturated carbocycles. The number of benzene rings is 1. The van der Waals surface area contributed by atoms with Gasteiger partial charge in [0, 0.05) is 5.39 Å². The molecule has 1 aromatic heterocycles. The van der Waals surface area contributed by atoms with Crippen LogP contribution in [0.2, 0.25) is 0 Å². The first-order valence-electron chi connectivity index (χ1n) is 4.93. The Morgan fingerprint density at radius 3 is 2.61 bits per heavy atom. The van der Waals surface area contributed by atoms with Gasteiger partial charge in [-0.1, -0.05) is 12.1 Å². The van der Waals surface area contributed by atoms with E-state index in [1.807, 2.05) is 0 Å². The van der Waals surface area contributed by atoms with Crippen LogP contribution in [-0.2, 0) is 4.74 Å². The molecule has 0 aliphatic rings. The van der Waals surface area contributed by atoms with E-state index in [0.717, 1.165) is 6.07 Å². The highest BCUT2D eigenvalue weighted by Gasteiger charge is 2.17. The van der Waals surface area contributed by atoms with Crippen molar-refractivity contribution in [3.8, 4) is 0 Å². The van der Waals surface area contributed by atoms with E-state index in [4.69, 9.17) is 9.52 Å². The summed E-state index contributed by atoms with van der Waals surface area (Å²) in [5, 5.41) is 9.14. The largest absolute Gasteiger partial charge is 0.477 e. The standard InChI is InChI=1S/C12H8O6/c1-17-11(15)7-4-2-3-6-5-8(10(13)14)12(16)18-9(6)7/h2-5H,1H3,(H,13,14). The fourth-order valence-corrected chi connectivity index (χ4v) is 1.56. The predicted octanol–water partition coefficient (Wildman–Crippen LogP) is 1.28. The summed E-state index contributed by atoms with van der Waals surface area (Å²) in [7, 11) is 1.20. The summed E-state index contributed by atoms with van der Waals surface area (Å²) in [5.74, 6) is -2.04. The third-order valence-corrected chi connectivity index (χ3v) is 2.40. The molecule has 0 bridgehead atoms. The maximum Gasteiger partial charge on any atom is 0.351 e. The molecule has 1 aromatic carbocycles. The molecule has 0 radical (unpaired) electrons. The maximum atomic E-state index is 11.5. The van der Waals surface area contributed by atoms with Gasteiger partial charge in [-0.05, 0) is 12.1 Å². The second-order valence-electron chi connectivity index (χ2n) is 3.47. The van der Waals surface area contributed by atoms with Gasteiger partial charge in [0.25, 0.3) is 0 Å². The first-order valence-corrected chi connectivity index (χ1v) is 4.93. The number of carbonyl (C=O) groups is 2. The molecule has 0 fully saturated rings. The zero-order chi connectivity index (χ0) is 13.3. The van der Waals surface area contributed by atoms with Crippen molar-refractivity contribution in [2.75, 3.05) is 7.11 Å². The van der Waals surface area contributed by atoms with E-state index < -0.39 is 23.1 Å². The molecule has 0 spiro atoms. The minimum Gasteiger partial charge on any atom is -0.477 e. The lowest BCUT2D eigenvalue weighted by atomic mass is 10.1. The number of ether oxygens (including phenoxy) is 1. The summed E-state index contributed by atoms with van der Waals surface area (Å²) in [6, 6.07) is 5.67. The number of carbonyl (C=O) groups excluding carboxylic acids is 1. The molecule has 6 heteroatoms. The normalized spacial score (nSPS) is 10.3. The number of hydrogen-bond donors (Lipinski definition) is 1. The van der Waals surface area contributed by atoms with E-state index in [0.29, 0.717) is 5.39 Å². The van der Waals surface area contributed by atoms with Gasteiger partial charge >= 0.3 is 17.6 Å². The van der Waals surface area contributed by atoms with Crippen LogP contribution in [0.4, 0.5) is 0 Å². The lowest BCUT2D eigenvalue weighted by Crippen LogP contribution is -2.14. The van der Waals surface area contributed by atoms with Crippen molar-refractivity contribution in [3.63, 3.8) is 0 Å². The van der Waals surface area contributed by atoms with Crippen molar-refractivity contribution in [3.05, 3.63) is 45.8 Å². The Morgan fingerprint density at radius 2 is 2.00 bits per heavy atom. The van der Waals surface area contributed by atoms with E-state index in [1.165, 1.54) is 19.2 Å². The molecule has 0 aliphatic carbocycles. The molecule has 0 amide bonds. The van der Waals surface area contributed by atoms with E-state index in [9.17, 15) is 14.4 Å². The Morgan fingerprint density at radius 1 is 1.28 bits per heavy atom. The molecule has 2 rings (SSSR count). The number of rotatable bonds is 2. The zero-order valence-electron chi connectivity index (χ0n) is 9.30. The second-order valence-corrected chi connectivity index (χ2v) is 3.47. The molecule has 0 aliphatic heterocycles. The Kier molecular flexibility index (Phi) is 2.85. The molecule has 1 N–H and O–H groups in total. The predicted molar refractivity (Wildman–Crippen MR) is 60.8 cm³/mol. The number of fused-ring (bicyclic) bond motifs is 1. The Labute approximate surface area is 100 Å². The fraction of sp³-hybridized carbons (Fsp3) is 0.0833. The number of carboxylic acids is 1. The van der Waals surface area contributed by atoms with Crippen molar-refractivity contribution in [1.29, 1.82) is 0 Å². The summed E-state index contributed by atoms with van der Waals surface area (Å²) in [6.07, 6.45) is 0. The maximum absolute atomic E-state index is 11.5. The number of carboxylic acid groups (broad SMARTS) is 1. The van der Waals surface area contributed by atoms with Gasteiger partial charge in [0.05, 0.1) is 7.11 Å². The van der Waals surface area contributed by atoms with E-state index >= 15 is 0 Å². The molecular formula is C12H8O6. The van der Waals surface area contributed by atoms with Crippen molar-refractivity contribution >= 4 is 22.9 Å². The van der Waals surface area contributed by atoms with Crippen LogP contribution >= 0.6 is 0 Å². The molecule has 6 nitrogen and oxygen atoms in total. The first kappa shape index (κ1) is 11.8. The second kappa shape index (κ2) is 4.33. The van der Waals surface area contributed by atoms with Gasteiger partial charge < -0.3 is 14.3 Å². The van der Waals surface area contributed by atoms with Crippen LogP contribution in [0.1, 0.15) is 20.7 Å². The number of hydrogen-bond acceptors (Lipinski definition) is 5. The third kappa shape index (κ3) is 1.84. The highest BCUT2D eigenvalue weighted by atomic mass is 16.5. The minimum absolute atomic E-state index is 0.0133. The molecule has 1 heterocycles. The van der Waals surface area contributed by atoms with E-state index in [1.54, 1.807) is 6.07 Å². The Bertz CT molecular complexity index is 697. The van der Waals surface area contributed by atoms with Crippen LogP contribution in [0.25, 0.3) is 11.0 Å². The van der Waals surface area contributed by atoms with Gasteiger partial charge in [-0.3, -0.25) is 0 Å². The van der Waals surface area contributed by atoms with Gasteiger partial charge in [0.1, 0.15) is 11.1 Å². The summed E-state index contributed by atoms with van der Waals surface area (Å²) in [5.41, 5.74) is -1.40. The summed E-state index contributed by atoms with van der Waals surface area (Å²) in [6.45, 7) is 0. The highest BCUT2D eigenvalue weighted by Crippen LogP contribution is 2.19. The molecule has 92 valence electrons. The smallest absolute Gasteiger partial charge is 0.351 e. The third-order valence-electron chi connectivity index (χ3n) is 2.40. The van der Waals surface area contributed by atoms with Gasteiger partial charge in [-0.25, -0.2) is 14.4 Å². The topological polar surface area (TPSA) is 93.8 Å². The highest BCUT2D eigenvalue weighted by molar-refractivity contribution is 6.02. The fourth-order valence-electron chi connectivity index (χ4n) is 1.56.